The summed E-state index contributed by atoms with van der Waals surface area (Å²) >= 11 is 0. The summed E-state index contributed by atoms with van der Waals surface area (Å²) in [5.41, 5.74) is 2.24. The smallest absolute Gasteiger partial charge is 0.254 e. The molecule has 0 radical (unpaired) electrons. The van der Waals surface area contributed by atoms with Crippen LogP contribution in [0.4, 0.5) is 0 Å². The third kappa shape index (κ3) is 4.28. The molecule has 2 fully saturated rings. The van der Waals surface area contributed by atoms with Crippen LogP contribution in [0.3, 0.4) is 0 Å². The van der Waals surface area contributed by atoms with E-state index in [4.69, 9.17) is 0 Å². The minimum atomic E-state index is -3.73. The predicted molar refractivity (Wildman–Crippen MR) is 120 cm³/mol. The van der Waals surface area contributed by atoms with E-state index in [1.807, 2.05) is 6.07 Å². The van der Waals surface area contributed by atoms with E-state index in [-0.39, 0.29) is 50.0 Å². The van der Waals surface area contributed by atoms with E-state index in [1.165, 1.54) is 4.31 Å². The fourth-order valence-corrected chi connectivity index (χ4v) is 8.75. The van der Waals surface area contributed by atoms with Gasteiger partial charge in [0, 0.05) is 37.3 Å². The lowest BCUT2D eigenvalue weighted by Crippen LogP contribution is -2.52. The van der Waals surface area contributed by atoms with E-state index in [0.29, 0.717) is 22.3 Å². The van der Waals surface area contributed by atoms with Crippen LogP contribution in [-0.4, -0.2) is 74.9 Å². The third-order valence-electron chi connectivity index (χ3n) is 5.99. The van der Waals surface area contributed by atoms with Gasteiger partial charge in [0.1, 0.15) is 0 Å². The Morgan fingerprint density at radius 1 is 0.969 bits per heavy atom. The highest BCUT2D eigenvalue weighted by Gasteiger charge is 2.41. The van der Waals surface area contributed by atoms with Crippen LogP contribution >= 0.6 is 0 Å². The average molecular weight is 474 g/mol. The minimum absolute atomic E-state index is 0.101. The average Bonchev–Trinajstić information content (AvgIpc) is 3.19. The number of sulfonamides is 1. The summed E-state index contributed by atoms with van der Waals surface area (Å²) in [6.07, 6.45) is 0.121. The largest absolute Gasteiger partial charge is 0.336 e. The number of nitriles is 1. The molecular weight excluding hydrogens is 450 g/mol. The lowest BCUT2D eigenvalue weighted by Gasteiger charge is -2.35. The van der Waals surface area contributed by atoms with Crippen LogP contribution in [0.25, 0.3) is 11.1 Å². The van der Waals surface area contributed by atoms with Gasteiger partial charge in [-0.05, 0) is 24.1 Å². The first-order chi connectivity index (χ1) is 15.2. The van der Waals surface area contributed by atoms with Crippen molar-refractivity contribution in [3.8, 4) is 17.2 Å². The molecule has 0 saturated carbocycles. The maximum atomic E-state index is 13.3. The standard InChI is InChI=1S/C22H23N3O5S2/c23-15-17-5-1-2-6-19(17)20-7-3-4-8-21(20)22(26)24-10-12-25(13-11-24)32(29,30)18-9-14-31(27,28)16-18/h1-8,18H,9-14,16H2. The van der Waals surface area contributed by atoms with Crippen LogP contribution < -0.4 is 0 Å². The fourth-order valence-electron chi connectivity index (χ4n) is 4.24. The predicted octanol–water partition coefficient (Wildman–Crippen LogP) is 1.50. The van der Waals surface area contributed by atoms with Crippen LogP contribution in [-0.2, 0) is 19.9 Å². The van der Waals surface area contributed by atoms with Crippen LogP contribution in [0.15, 0.2) is 48.5 Å². The normalized spacial score (nSPS) is 21.2. The molecule has 32 heavy (non-hydrogen) atoms. The first-order valence-electron chi connectivity index (χ1n) is 10.3. The molecule has 10 heteroatoms. The molecule has 8 nitrogen and oxygen atoms in total. The first-order valence-corrected chi connectivity index (χ1v) is 13.6. The highest BCUT2D eigenvalue weighted by atomic mass is 32.2. The molecule has 4 rings (SSSR count). The van der Waals surface area contributed by atoms with E-state index in [2.05, 4.69) is 6.07 Å². The summed E-state index contributed by atoms with van der Waals surface area (Å²) in [6, 6.07) is 16.3. The quantitative estimate of drug-likeness (QED) is 0.665. The van der Waals surface area contributed by atoms with Crippen molar-refractivity contribution in [3.05, 3.63) is 59.7 Å². The molecule has 2 saturated heterocycles. The van der Waals surface area contributed by atoms with Crippen LogP contribution in [0.5, 0.6) is 0 Å². The van der Waals surface area contributed by atoms with Crippen molar-refractivity contribution in [2.45, 2.75) is 11.7 Å². The van der Waals surface area contributed by atoms with Crippen molar-refractivity contribution in [2.24, 2.45) is 0 Å². The van der Waals surface area contributed by atoms with Gasteiger partial charge in [-0.1, -0.05) is 36.4 Å². The molecule has 1 unspecified atom stereocenters. The Kier molecular flexibility index (Phi) is 6.07. The van der Waals surface area contributed by atoms with Crippen molar-refractivity contribution >= 4 is 25.8 Å². The number of carbonyl (C=O) groups is 1. The second-order valence-corrected chi connectivity index (χ2v) is 12.4. The summed E-state index contributed by atoms with van der Waals surface area (Å²) in [5.74, 6) is -0.662. The lowest BCUT2D eigenvalue weighted by atomic mass is 9.95. The summed E-state index contributed by atoms with van der Waals surface area (Å²) in [7, 11) is -7.03. The van der Waals surface area contributed by atoms with Crippen molar-refractivity contribution in [2.75, 3.05) is 37.7 Å². The Labute approximate surface area is 188 Å². The molecule has 2 aromatic carbocycles. The van der Waals surface area contributed by atoms with Crippen molar-refractivity contribution in [1.82, 2.24) is 9.21 Å². The van der Waals surface area contributed by atoms with E-state index in [9.17, 15) is 26.9 Å². The van der Waals surface area contributed by atoms with Crippen molar-refractivity contribution < 1.29 is 21.6 Å². The number of benzene rings is 2. The van der Waals surface area contributed by atoms with E-state index in [0.717, 1.165) is 0 Å². The van der Waals surface area contributed by atoms with Crippen LogP contribution in [0.2, 0.25) is 0 Å². The molecule has 0 aromatic heterocycles. The second kappa shape index (κ2) is 8.65. The number of nitrogens with zero attached hydrogens (tertiary/aromatic N) is 3. The Morgan fingerprint density at radius 3 is 2.22 bits per heavy atom. The maximum absolute atomic E-state index is 13.3. The number of sulfone groups is 1. The number of rotatable bonds is 4. The summed E-state index contributed by atoms with van der Waals surface area (Å²) < 4.78 is 50.4. The summed E-state index contributed by atoms with van der Waals surface area (Å²) in [6.45, 7) is 0.681. The Morgan fingerprint density at radius 2 is 1.59 bits per heavy atom. The molecule has 2 aromatic rings. The third-order valence-corrected chi connectivity index (χ3v) is 10.3. The molecule has 1 atom stereocenters. The summed E-state index contributed by atoms with van der Waals surface area (Å²) in [5, 5.41) is 8.54. The molecule has 0 N–H and O–H groups in total. The van der Waals surface area contributed by atoms with Gasteiger partial charge in [0.2, 0.25) is 10.0 Å². The van der Waals surface area contributed by atoms with E-state index >= 15 is 0 Å². The Bertz CT molecular complexity index is 1290. The minimum Gasteiger partial charge on any atom is -0.336 e. The number of hydrogen-bond donors (Lipinski definition) is 0. The van der Waals surface area contributed by atoms with E-state index in [1.54, 1.807) is 47.4 Å². The molecule has 2 heterocycles. The van der Waals surface area contributed by atoms with Crippen molar-refractivity contribution in [1.29, 1.82) is 5.26 Å². The van der Waals surface area contributed by atoms with E-state index < -0.39 is 25.1 Å². The number of carbonyl (C=O) groups excluding carboxylic acids is 1. The van der Waals surface area contributed by atoms with Gasteiger partial charge in [-0.25, -0.2) is 16.8 Å². The molecular formula is C22H23N3O5S2. The van der Waals surface area contributed by atoms with Gasteiger partial charge in [-0.3, -0.25) is 4.79 Å². The summed E-state index contributed by atoms with van der Waals surface area (Å²) in [4.78, 5) is 14.9. The zero-order chi connectivity index (χ0) is 22.9. The molecule has 2 aliphatic rings. The molecule has 0 spiro atoms. The van der Waals surface area contributed by atoms with Gasteiger partial charge >= 0.3 is 0 Å². The maximum Gasteiger partial charge on any atom is 0.254 e. The lowest BCUT2D eigenvalue weighted by molar-refractivity contribution is 0.0698. The van der Waals surface area contributed by atoms with Gasteiger partial charge in [0.25, 0.3) is 5.91 Å². The van der Waals surface area contributed by atoms with Gasteiger partial charge in [-0.2, -0.15) is 9.57 Å². The van der Waals surface area contributed by atoms with Gasteiger partial charge < -0.3 is 4.90 Å². The number of amides is 1. The highest BCUT2D eigenvalue weighted by molar-refractivity contribution is 7.95. The SMILES string of the molecule is N#Cc1ccccc1-c1ccccc1C(=O)N1CCN(S(=O)(=O)C2CCS(=O)(=O)C2)CC1. The molecule has 1 amide bonds. The van der Waals surface area contributed by atoms with Crippen LogP contribution in [0, 0.1) is 11.3 Å². The number of piperazine rings is 1. The van der Waals surface area contributed by atoms with Gasteiger partial charge in [-0.15, -0.1) is 0 Å². The molecule has 0 bridgehead atoms. The monoisotopic (exact) mass is 473 g/mol. The first kappa shape index (κ1) is 22.5. The number of hydrogen-bond acceptors (Lipinski definition) is 6. The second-order valence-electron chi connectivity index (χ2n) is 7.96. The highest BCUT2D eigenvalue weighted by Crippen LogP contribution is 2.29. The zero-order valence-electron chi connectivity index (χ0n) is 17.3. The molecule has 168 valence electrons. The Hall–Kier alpha value is -2.74. The topological polar surface area (TPSA) is 116 Å². The zero-order valence-corrected chi connectivity index (χ0v) is 19.0. The fraction of sp³-hybridized carbons (Fsp3) is 0.364. The van der Waals surface area contributed by atoms with Crippen LogP contribution in [0.1, 0.15) is 22.3 Å². The molecule has 0 aliphatic carbocycles. The van der Waals surface area contributed by atoms with Gasteiger partial charge in [0.05, 0.1) is 28.4 Å². The van der Waals surface area contributed by atoms with Gasteiger partial charge in [0.15, 0.2) is 9.84 Å². The Balaban J connectivity index is 1.51. The molecule has 2 aliphatic heterocycles. The van der Waals surface area contributed by atoms with Crippen molar-refractivity contribution in [3.63, 3.8) is 0 Å².